The van der Waals surface area contributed by atoms with E-state index in [0.29, 0.717) is 33.1 Å². The normalized spacial score (nSPS) is 11.2. The Bertz CT molecular complexity index is 1190. The molecular formula is C22H17ClN4O3S. The molecule has 0 bridgehead atoms. The van der Waals surface area contributed by atoms with Gasteiger partial charge in [0.15, 0.2) is 5.82 Å². The number of hydrogen-bond donors (Lipinski definition) is 0. The summed E-state index contributed by atoms with van der Waals surface area (Å²) in [4.78, 5) is 11.6. The van der Waals surface area contributed by atoms with Crippen LogP contribution in [-0.2, 0) is 10.5 Å². The van der Waals surface area contributed by atoms with Crippen molar-refractivity contribution in [3.8, 4) is 11.4 Å². The van der Waals surface area contributed by atoms with E-state index in [2.05, 4.69) is 15.3 Å². The maximum Gasteiger partial charge on any atom is 0.337 e. The summed E-state index contributed by atoms with van der Waals surface area (Å²) in [5.41, 5.74) is 2.37. The number of carbonyl (C=O) groups excluding carboxylic acids is 1. The summed E-state index contributed by atoms with van der Waals surface area (Å²) in [7, 11) is 1.36. The highest BCUT2D eigenvalue weighted by molar-refractivity contribution is 7.98. The third-order valence-corrected chi connectivity index (χ3v) is 5.54. The number of furan rings is 1. The zero-order chi connectivity index (χ0) is 21.6. The molecule has 0 amide bonds. The van der Waals surface area contributed by atoms with E-state index in [9.17, 15) is 4.79 Å². The van der Waals surface area contributed by atoms with Gasteiger partial charge in [-0.3, -0.25) is 0 Å². The predicted octanol–water partition coefficient (Wildman–Crippen LogP) is 5.15. The molecular weight excluding hydrogens is 436 g/mol. The molecule has 156 valence electrons. The van der Waals surface area contributed by atoms with Crippen LogP contribution in [0.4, 0.5) is 0 Å². The Balaban J connectivity index is 1.59. The van der Waals surface area contributed by atoms with Gasteiger partial charge in [0, 0.05) is 16.3 Å². The number of benzene rings is 2. The topological polar surface area (TPSA) is 82.5 Å². The van der Waals surface area contributed by atoms with Crippen molar-refractivity contribution in [2.45, 2.75) is 10.9 Å². The molecule has 4 aromatic rings. The molecule has 2 aromatic carbocycles. The van der Waals surface area contributed by atoms with Crippen molar-refractivity contribution >= 4 is 35.5 Å². The van der Waals surface area contributed by atoms with Crippen LogP contribution >= 0.6 is 23.4 Å². The molecule has 0 fully saturated rings. The summed E-state index contributed by atoms with van der Waals surface area (Å²) in [6, 6.07) is 18.2. The van der Waals surface area contributed by atoms with E-state index in [1.165, 1.54) is 18.9 Å². The van der Waals surface area contributed by atoms with Crippen molar-refractivity contribution in [3.05, 3.63) is 88.8 Å². The van der Waals surface area contributed by atoms with Crippen LogP contribution in [0.3, 0.4) is 0 Å². The average molecular weight is 453 g/mol. The summed E-state index contributed by atoms with van der Waals surface area (Å²) in [6.07, 6.45) is 3.19. The minimum atomic E-state index is -0.362. The zero-order valence-corrected chi connectivity index (χ0v) is 18.0. The molecule has 0 saturated carbocycles. The number of methoxy groups -OCH3 is 1. The fourth-order valence-electron chi connectivity index (χ4n) is 2.72. The number of nitrogens with zero attached hydrogens (tertiary/aromatic N) is 4. The third kappa shape index (κ3) is 5.04. The molecule has 0 aliphatic heterocycles. The Labute approximate surface area is 187 Å². The molecule has 2 heterocycles. The fraction of sp³-hybridized carbons (Fsp3) is 0.0909. The lowest BCUT2D eigenvalue weighted by Crippen LogP contribution is -2.00. The van der Waals surface area contributed by atoms with E-state index in [1.807, 2.05) is 30.3 Å². The number of hydrogen-bond acceptors (Lipinski definition) is 7. The van der Waals surface area contributed by atoms with Gasteiger partial charge in [0.25, 0.3) is 0 Å². The average Bonchev–Trinajstić information content (AvgIpc) is 3.46. The van der Waals surface area contributed by atoms with E-state index in [1.54, 1.807) is 47.5 Å². The van der Waals surface area contributed by atoms with Gasteiger partial charge in [0.1, 0.15) is 5.76 Å². The SMILES string of the molecule is COC(=O)c1ccc(CSc2nnc(-c3ccc(Cl)cc3)n2N=Cc2ccco2)cc1. The van der Waals surface area contributed by atoms with Crippen molar-refractivity contribution in [2.24, 2.45) is 5.10 Å². The van der Waals surface area contributed by atoms with Crippen LogP contribution in [0.1, 0.15) is 21.7 Å². The lowest BCUT2D eigenvalue weighted by Gasteiger charge is -2.05. The van der Waals surface area contributed by atoms with Crippen LogP contribution in [-0.4, -0.2) is 34.2 Å². The fourth-order valence-corrected chi connectivity index (χ4v) is 3.69. The first-order chi connectivity index (χ1) is 15.1. The Morgan fingerprint density at radius 1 is 1.16 bits per heavy atom. The molecule has 0 aliphatic rings. The van der Waals surface area contributed by atoms with Crippen molar-refractivity contribution in [1.82, 2.24) is 14.9 Å². The number of rotatable bonds is 7. The molecule has 4 rings (SSSR count). The summed E-state index contributed by atoms with van der Waals surface area (Å²) in [6.45, 7) is 0. The molecule has 0 spiro atoms. The van der Waals surface area contributed by atoms with Crippen LogP contribution in [0.5, 0.6) is 0 Å². The predicted molar refractivity (Wildman–Crippen MR) is 120 cm³/mol. The van der Waals surface area contributed by atoms with Crippen molar-refractivity contribution < 1.29 is 13.9 Å². The summed E-state index contributed by atoms with van der Waals surface area (Å²) >= 11 is 7.49. The van der Waals surface area contributed by atoms with Gasteiger partial charge in [-0.25, -0.2) is 4.79 Å². The first kappa shape index (κ1) is 20.9. The second kappa shape index (κ2) is 9.63. The Morgan fingerprint density at radius 3 is 2.61 bits per heavy atom. The molecule has 31 heavy (non-hydrogen) atoms. The van der Waals surface area contributed by atoms with E-state index in [-0.39, 0.29) is 5.97 Å². The smallest absolute Gasteiger partial charge is 0.337 e. The van der Waals surface area contributed by atoms with E-state index in [4.69, 9.17) is 20.8 Å². The molecule has 0 unspecified atom stereocenters. The van der Waals surface area contributed by atoms with Gasteiger partial charge in [-0.15, -0.1) is 10.2 Å². The van der Waals surface area contributed by atoms with Gasteiger partial charge in [-0.05, 0) is 54.1 Å². The van der Waals surface area contributed by atoms with Gasteiger partial charge in [0.05, 0.1) is 25.2 Å². The highest BCUT2D eigenvalue weighted by Crippen LogP contribution is 2.27. The summed E-state index contributed by atoms with van der Waals surface area (Å²) in [5, 5.41) is 14.4. The minimum Gasteiger partial charge on any atom is -0.465 e. The lowest BCUT2D eigenvalue weighted by atomic mass is 10.1. The van der Waals surface area contributed by atoms with E-state index >= 15 is 0 Å². The first-order valence-corrected chi connectivity index (χ1v) is 10.6. The molecule has 7 nitrogen and oxygen atoms in total. The van der Waals surface area contributed by atoms with E-state index < -0.39 is 0 Å². The molecule has 0 radical (unpaired) electrons. The van der Waals surface area contributed by atoms with Crippen LogP contribution in [0.25, 0.3) is 11.4 Å². The molecule has 2 aromatic heterocycles. The molecule has 0 saturated heterocycles. The van der Waals surface area contributed by atoms with Crippen LogP contribution < -0.4 is 0 Å². The van der Waals surface area contributed by atoms with Crippen LogP contribution in [0.2, 0.25) is 5.02 Å². The first-order valence-electron chi connectivity index (χ1n) is 9.23. The van der Waals surface area contributed by atoms with Gasteiger partial charge in [-0.1, -0.05) is 35.5 Å². The van der Waals surface area contributed by atoms with Crippen LogP contribution in [0.15, 0.2) is 81.6 Å². The van der Waals surface area contributed by atoms with Gasteiger partial charge in [-0.2, -0.15) is 9.78 Å². The van der Waals surface area contributed by atoms with Crippen molar-refractivity contribution in [2.75, 3.05) is 7.11 Å². The standard InChI is InChI=1S/C22H17ClN4O3S/c1-29-21(28)17-6-4-15(5-7-17)14-31-22-26-25-20(16-8-10-18(23)11-9-16)27(22)24-13-19-3-2-12-30-19/h2-13H,14H2,1H3. The largest absolute Gasteiger partial charge is 0.465 e. The van der Waals surface area contributed by atoms with Crippen molar-refractivity contribution in [1.29, 1.82) is 0 Å². The number of esters is 1. The zero-order valence-electron chi connectivity index (χ0n) is 16.4. The highest BCUT2D eigenvalue weighted by atomic mass is 35.5. The second-order valence-corrected chi connectivity index (χ2v) is 7.74. The third-order valence-electron chi connectivity index (χ3n) is 4.30. The summed E-state index contributed by atoms with van der Waals surface area (Å²) < 4.78 is 11.7. The number of carbonyl (C=O) groups is 1. The molecule has 0 aliphatic carbocycles. The maximum atomic E-state index is 11.6. The number of aromatic nitrogens is 3. The Hall–Kier alpha value is -3.36. The number of halogens is 1. The number of thioether (sulfide) groups is 1. The quantitative estimate of drug-likeness (QED) is 0.219. The number of ether oxygens (including phenoxy) is 1. The minimum absolute atomic E-state index is 0.362. The molecule has 0 N–H and O–H groups in total. The Morgan fingerprint density at radius 2 is 1.94 bits per heavy atom. The summed E-state index contributed by atoms with van der Waals surface area (Å²) in [5.74, 6) is 1.46. The van der Waals surface area contributed by atoms with Gasteiger partial charge in [0.2, 0.25) is 5.16 Å². The lowest BCUT2D eigenvalue weighted by molar-refractivity contribution is 0.0600. The van der Waals surface area contributed by atoms with Gasteiger partial charge >= 0.3 is 5.97 Å². The Kier molecular flexibility index (Phi) is 6.49. The molecule has 0 atom stereocenters. The monoisotopic (exact) mass is 452 g/mol. The van der Waals surface area contributed by atoms with Crippen molar-refractivity contribution in [3.63, 3.8) is 0 Å². The second-order valence-electron chi connectivity index (χ2n) is 6.36. The van der Waals surface area contributed by atoms with Gasteiger partial charge < -0.3 is 9.15 Å². The van der Waals surface area contributed by atoms with Crippen LogP contribution in [0, 0.1) is 0 Å². The van der Waals surface area contributed by atoms with E-state index in [0.717, 1.165) is 11.1 Å². The highest BCUT2D eigenvalue weighted by Gasteiger charge is 2.15. The maximum absolute atomic E-state index is 11.6. The molecule has 9 heteroatoms.